The Morgan fingerprint density at radius 1 is 1.11 bits per heavy atom. The van der Waals surface area contributed by atoms with Crippen molar-refractivity contribution in [1.29, 1.82) is 0 Å². The van der Waals surface area contributed by atoms with Crippen LogP contribution in [0.15, 0.2) is 48.5 Å². The number of nitrogens with one attached hydrogen (secondary N) is 2. The highest BCUT2D eigenvalue weighted by atomic mass is 35.5. The van der Waals surface area contributed by atoms with E-state index in [0.717, 1.165) is 0 Å². The molecule has 6 nitrogen and oxygen atoms in total. The van der Waals surface area contributed by atoms with Crippen LogP contribution in [0.5, 0.6) is 0 Å². The second kappa shape index (κ2) is 7.64. The number of anilines is 3. The summed E-state index contributed by atoms with van der Waals surface area (Å²) in [6.07, 6.45) is -0.162. The van der Waals surface area contributed by atoms with Crippen molar-refractivity contribution in [1.82, 2.24) is 0 Å². The Morgan fingerprint density at radius 3 is 2.39 bits per heavy atom. The van der Waals surface area contributed by atoms with Crippen LogP contribution in [-0.2, 0) is 14.4 Å². The van der Waals surface area contributed by atoms with Crippen molar-refractivity contribution in [3.05, 3.63) is 53.6 Å². The maximum atomic E-state index is 13.1. The first-order valence-electron chi connectivity index (χ1n) is 8.96. The van der Waals surface area contributed by atoms with Gasteiger partial charge in [-0.2, -0.15) is 0 Å². The molecule has 1 atom stereocenters. The zero-order valence-electron chi connectivity index (χ0n) is 16.0. The third-order valence-electron chi connectivity index (χ3n) is 4.40. The maximum Gasteiger partial charge on any atom is 0.248 e. The van der Waals surface area contributed by atoms with Crippen LogP contribution in [0.4, 0.5) is 17.1 Å². The van der Waals surface area contributed by atoms with Crippen LogP contribution in [0.2, 0.25) is 5.02 Å². The molecule has 1 aliphatic rings. The van der Waals surface area contributed by atoms with Crippen molar-refractivity contribution in [3.63, 3.8) is 0 Å². The second-order valence-electron chi connectivity index (χ2n) is 7.71. The van der Waals surface area contributed by atoms with Gasteiger partial charge in [-0.25, -0.2) is 0 Å². The number of hydrogen-bond acceptors (Lipinski definition) is 3. The Hall–Kier alpha value is -2.86. The standard InChI is InChI=1S/C21H22ClN3O3/c1-21(2,3)20(28)25-16-7-5-4-6-15(16)24-19(27)17(25)12-18(26)23-14-10-8-13(22)9-11-14/h4-11,17H,12H2,1-3H3,(H,23,26)(H,24,27)/t17-/m0/s1. The molecule has 7 heteroatoms. The number of para-hydroxylation sites is 2. The van der Waals surface area contributed by atoms with Gasteiger partial charge < -0.3 is 10.6 Å². The summed E-state index contributed by atoms with van der Waals surface area (Å²) >= 11 is 5.86. The zero-order valence-corrected chi connectivity index (χ0v) is 16.7. The summed E-state index contributed by atoms with van der Waals surface area (Å²) in [6, 6.07) is 12.8. The van der Waals surface area contributed by atoms with E-state index in [4.69, 9.17) is 11.6 Å². The van der Waals surface area contributed by atoms with Crippen molar-refractivity contribution in [3.8, 4) is 0 Å². The van der Waals surface area contributed by atoms with Gasteiger partial charge in [0.25, 0.3) is 0 Å². The molecule has 2 aromatic rings. The van der Waals surface area contributed by atoms with E-state index >= 15 is 0 Å². The molecular weight excluding hydrogens is 378 g/mol. The molecule has 1 heterocycles. The quantitative estimate of drug-likeness (QED) is 0.816. The van der Waals surface area contributed by atoms with E-state index in [-0.39, 0.29) is 24.1 Å². The molecule has 0 saturated heterocycles. The first kappa shape index (κ1) is 19.9. The molecule has 3 amide bonds. The molecule has 0 spiro atoms. The van der Waals surface area contributed by atoms with E-state index in [2.05, 4.69) is 10.6 Å². The maximum absolute atomic E-state index is 13.1. The Labute approximate surface area is 168 Å². The van der Waals surface area contributed by atoms with E-state index in [0.29, 0.717) is 22.1 Å². The predicted octanol–water partition coefficient (Wildman–Crippen LogP) is 4.07. The van der Waals surface area contributed by atoms with Gasteiger partial charge in [-0.05, 0) is 36.4 Å². The second-order valence-corrected chi connectivity index (χ2v) is 8.14. The van der Waals surface area contributed by atoms with Gasteiger partial charge in [-0.3, -0.25) is 19.3 Å². The van der Waals surface area contributed by atoms with Crippen LogP contribution >= 0.6 is 11.6 Å². The van der Waals surface area contributed by atoms with Gasteiger partial charge >= 0.3 is 0 Å². The Morgan fingerprint density at radius 2 is 1.75 bits per heavy atom. The fourth-order valence-electron chi connectivity index (χ4n) is 3.01. The molecule has 3 rings (SSSR count). The number of amides is 3. The third-order valence-corrected chi connectivity index (χ3v) is 4.65. The minimum absolute atomic E-state index is 0.162. The van der Waals surface area contributed by atoms with Crippen molar-refractivity contribution < 1.29 is 14.4 Å². The van der Waals surface area contributed by atoms with Crippen LogP contribution in [0.3, 0.4) is 0 Å². The van der Waals surface area contributed by atoms with Crippen molar-refractivity contribution >= 4 is 46.4 Å². The topological polar surface area (TPSA) is 78.5 Å². The monoisotopic (exact) mass is 399 g/mol. The lowest BCUT2D eigenvalue weighted by atomic mass is 9.91. The summed E-state index contributed by atoms with van der Waals surface area (Å²) in [5.74, 6) is -0.977. The molecule has 0 aromatic heterocycles. The molecule has 0 bridgehead atoms. The number of carbonyl (C=O) groups is 3. The molecule has 28 heavy (non-hydrogen) atoms. The SMILES string of the molecule is CC(C)(C)C(=O)N1c2ccccc2NC(=O)[C@@H]1CC(=O)Nc1ccc(Cl)cc1. The largest absolute Gasteiger partial charge is 0.326 e. The van der Waals surface area contributed by atoms with E-state index in [1.54, 1.807) is 69.3 Å². The Bertz CT molecular complexity index is 919. The molecule has 0 aliphatic carbocycles. The van der Waals surface area contributed by atoms with Crippen LogP contribution in [0, 0.1) is 5.41 Å². The van der Waals surface area contributed by atoms with Crippen LogP contribution in [0.25, 0.3) is 0 Å². The van der Waals surface area contributed by atoms with Crippen LogP contribution in [0.1, 0.15) is 27.2 Å². The average molecular weight is 400 g/mol. The van der Waals surface area contributed by atoms with Gasteiger partial charge in [0.15, 0.2) is 0 Å². The van der Waals surface area contributed by atoms with Gasteiger partial charge in [0.05, 0.1) is 17.8 Å². The lowest BCUT2D eigenvalue weighted by Crippen LogP contribution is -2.55. The van der Waals surface area contributed by atoms with E-state index < -0.39 is 11.5 Å². The fourth-order valence-corrected chi connectivity index (χ4v) is 3.13. The molecule has 2 N–H and O–H groups in total. The summed E-state index contributed by atoms with van der Waals surface area (Å²) in [4.78, 5) is 39.9. The van der Waals surface area contributed by atoms with Crippen LogP contribution < -0.4 is 15.5 Å². The molecular formula is C21H22ClN3O3. The van der Waals surface area contributed by atoms with E-state index in [9.17, 15) is 14.4 Å². The van der Waals surface area contributed by atoms with Crippen molar-refractivity contribution in [2.24, 2.45) is 5.41 Å². The summed E-state index contributed by atoms with van der Waals surface area (Å²) < 4.78 is 0. The number of rotatable bonds is 3. The molecule has 2 aromatic carbocycles. The van der Waals surface area contributed by atoms with Crippen LogP contribution in [-0.4, -0.2) is 23.8 Å². The van der Waals surface area contributed by atoms with Gasteiger partial charge in [-0.1, -0.05) is 44.5 Å². The van der Waals surface area contributed by atoms with Gasteiger partial charge in [-0.15, -0.1) is 0 Å². The minimum atomic E-state index is -0.936. The molecule has 1 aliphatic heterocycles. The highest BCUT2D eigenvalue weighted by Crippen LogP contribution is 2.36. The third kappa shape index (κ3) is 4.17. The fraction of sp³-hybridized carbons (Fsp3) is 0.286. The highest BCUT2D eigenvalue weighted by molar-refractivity contribution is 6.30. The molecule has 0 unspecified atom stereocenters. The number of nitrogens with zero attached hydrogens (tertiary/aromatic N) is 1. The first-order chi connectivity index (χ1) is 13.2. The van der Waals surface area contributed by atoms with Gasteiger partial charge in [0.2, 0.25) is 17.7 Å². The average Bonchev–Trinajstić information content (AvgIpc) is 2.63. The lowest BCUT2D eigenvalue weighted by Gasteiger charge is -2.39. The molecule has 0 fully saturated rings. The summed E-state index contributed by atoms with van der Waals surface area (Å²) in [5, 5.41) is 6.09. The Kier molecular flexibility index (Phi) is 5.42. The smallest absolute Gasteiger partial charge is 0.248 e. The molecule has 0 saturated carbocycles. The minimum Gasteiger partial charge on any atom is -0.326 e. The first-order valence-corrected chi connectivity index (χ1v) is 9.33. The summed E-state index contributed by atoms with van der Waals surface area (Å²) in [5.41, 5.74) is 1.00. The lowest BCUT2D eigenvalue weighted by molar-refractivity contribution is -0.130. The summed E-state index contributed by atoms with van der Waals surface area (Å²) in [7, 11) is 0. The van der Waals surface area contributed by atoms with Gasteiger partial charge in [0, 0.05) is 16.1 Å². The van der Waals surface area contributed by atoms with Crippen molar-refractivity contribution in [2.45, 2.75) is 33.2 Å². The predicted molar refractivity (Wildman–Crippen MR) is 110 cm³/mol. The van der Waals surface area contributed by atoms with Gasteiger partial charge in [0.1, 0.15) is 6.04 Å². The zero-order chi connectivity index (χ0) is 20.5. The van der Waals surface area contributed by atoms with E-state index in [1.165, 1.54) is 4.90 Å². The number of halogens is 1. The number of hydrogen-bond donors (Lipinski definition) is 2. The number of carbonyl (C=O) groups excluding carboxylic acids is 3. The normalized spacial score (nSPS) is 16.2. The summed E-state index contributed by atoms with van der Waals surface area (Å²) in [6.45, 7) is 5.36. The van der Waals surface area contributed by atoms with Crippen molar-refractivity contribution in [2.75, 3.05) is 15.5 Å². The van der Waals surface area contributed by atoms with E-state index in [1.807, 2.05) is 0 Å². The highest BCUT2D eigenvalue weighted by Gasteiger charge is 2.41. The molecule has 0 radical (unpaired) electrons. The number of fused-ring (bicyclic) bond motifs is 1. The molecule has 146 valence electrons. The Balaban J connectivity index is 1.88. The number of benzene rings is 2.